The molecule has 19 heteroatoms. The molecule has 12 rings (SSSR count). The summed E-state index contributed by atoms with van der Waals surface area (Å²) in [6, 6.07) is 4.24. The summed E-state index contributed by atoms with van der Waals surface area (Å²) in [5, 5.41) is 18.2. The van der Waals surface area contributed by atoms with Crippen LogP contribution < -0.4 is 20.1 Å². The normalized spacial score (nSPS) is 21.3. The predicted molar refractivity (Wildman–Crippen MR) is 234 cm³/mol. The lowest BCUT2D eigenvalue weighted by atomic mass is 9.86. The van der Waals surface area contributed by atoms with Gasteiger partial charge in [0.2, 0.25) is 17.7 Å². The molecule has 4 aliphatic heterocycles. The summed E-state index contributed by atoms with van der Waals surface area (Å²) < 4.78 is 16.7. The Hall–Kier alpha value is -6.18. The van der Waals surface area contributed by atoms with Crippen molar-refractivity contribution in [3.05, 3.63) is 68.2 Å². The smallest absolute Gasteiger partial charge is 0.306 e. The first kappa shape index (κ1) is 38.7. The second-order valence-corrected chi connectivity index (χ2v) is 18.4. The number of carboxylic acid groups (broad SMARTS) is 1. The third-order valence-electron chi connectivity index (χ3n) is 12.6. The SMILES string of the molecule is COc1nc2c(cc1Nc1ncnc3sc4c(c13)CC[C@H](C(=O)N1C[C@H]3C[C@@H]1CO3)C4)C=NC2.COc1nc2c(cc1Nc1ncnc3sc4c(c13)CC[C@H](C(=O)O)C4)C=NC2. The number of likely N-dealkylation sites (tertiary alicyclic amines) is 1. The summed E-state index contributed by atoms with van der Waals surface area (Å²) in [6.45, 7) is 2.58. The molecular formula is C43H41N11O6S2. The van der Waals surface area contributed by atoms with Crippen molar-refractivity contribution in [1.29, 1.82) is 0 Å². The van der Waals surface area contributed by atoms with Gasteiger partial charge in [-0.3, -0.25) is 19.6 Å². The third-order valence-corrected chi connectivity index (χ3v) is 14.9. The minimum atomic E-state index is -0.733. The molecule has 0 unspecified atom stereocenters. The fourth-order valence-electron chi connectivity index (χ4n) is 9.51. The number of nitrogens with one attached hydrogen (secondary N) is 2. The number of ether oxygens (including phenoxy) is 3. The van der Waals surface area contributed by atoms with E-state index in [0.29, 0.717) is 68.1 Å². The number of aromatic nitrogens is 6. The van der Waals surface area contributed by atoms with Crippen LogP contribution in [-0.2, 0) is 53.1 Å². The van der Waals surface area contributed by atoms with E-state index in [1.807, 2.05) is 18.3 Å². The highest BCUT2D eigenvalue weighted by molar-refractivity contribution is 7.19. The van der Waals surface area contributed by atoms with Crippen molar-refractivity contribution in [2.45, 2.75) is 70.2 Å². The average Bonchev–Trinajstić information content (AvgIpc) is 4.16. The topological polar surface area (TPSA) is 211 Å². The Morgan fingerprint density at radius 3 is 1.84 bits per heavy atom. The van der Waals surface area contributed by atoms with Crippen LogP contribution in [0, 0.1) is 11.8 Å². The molecule has 6 aromatic rings. The Labute approximate surface area is 362 Å². The highest BCUT2D eigenvalue weighted by Gasteiger charge is 2.44. The second kappa shape index (κ2) is 15.6. The molecule has 1 amide bonds. The van der Waals surface area contributed by atoms with Crippen LogP contribution in [0.15, 0.2) is 34.8 Å². The molecule has 2 saturated heterocycles. The van der Waals surface area contributed by atoms with E-state index in [2.05, 4.69) is 55.4 Å². The zero-order valence-corrected chi connectivity index (χ0v) is 35.5. The van der Waals surface area contributed by atoms with E-state index < -0.39 is 5.97 Å². The number of carbonyl (C=O) groups is 2. The zero-order valence-electron chi connectivity index (χ0n) is 33.9. The molecule has 316 valence electrons. The number of hydrogen-bond donors (Lipinski definition) is 3. The van der Waals surface area contributed by atoms with Crippen LogP contribution in [-0.4, -0.2) is 104 Å². The van der Waals surface area contributed by atoms with Crippen LogP contribution in [0.3, 0.4) is 0 Å². The van der Waals surface area contributed by atoms with E-state index in [0.717, 1.165) is 97.1 Å². The first-order valence-electron chi connectivity index (χ1n) is 20.7. The van der Waals surface area contributed by atoms with Gasteiger partial charge >= 0.3 is 5.97 Å². The van der Waals surface area contributed by atoms with Crippen LogP contribution in [0.25, 0.3) is 20.4 Å². The van der Waals surface area contributed by atoms with Crippen LogP contribution in [0.1, 0.15) is 62.7 Å². The van der Waals surface area contributed by atoms with Crippen molar-refractivity contribution in [3.8, 4) is 11.8 Å². The Morgan fingerprint density at radius 1 is 0.790 bits per heavy atom. The maximum absolute atomic E-state index is 13.3. The lowest BCUT2D eigenvalue weighted by Crippen LogP contribution is -2.45. The highest BCUT2D eigenvalue weighted by Crippen LogP contribution is 2.44. The van der Waals surface area contributed by atoms with Crippen molar-refractivity contribution in [1.82, 2.24) is 34.8 Å². The van der Waals surface area contributed by atoms with Gasteiger partial charge in [-0.25, -0.2) is 29.9 Å². The van der Waals surface area contributed by atoms with Crippen LogP contribution in [0.2, 0.25) is 0 Å². The summed E-state index contributed by atoms with van der Waals surface area (Å²) in [7, 11) is 3.21. The van der Waals surface area contributed by atoms with Crippen molar-refractivity contribution < 1.29 is 28.9 Å². The van der Waals surface area contributed by atoms with Crippen molar-refractivity contribution in [2.24, 2.45) is 21.8 Å². The minimum Gasteiger partial charge on any atom is -0.481 e. The molecule has 3 N–H and O–H groups in total. The first-order chi connectivity index (χ1) is 30.3. The van der Waals surface area contributed by atoms with Gasteiger partial charge in [0.05, 0.1) is 74.1 Å². The van der Waals surface area contributed by atoms with Gasteiger partial charge in [-0.15, -0.1) is 22.7 Å². The summed E-state index contributed by atoms with van der Waals surface area (Å²) in [5.41, 5.74) is 7.63. The number of fused-ring (bicyclic) bond motifs is 10. The van der Waals surface area contributed by atoms with E-state index in [4.69, 9.17) is 14.2 Å². The Bertz CT molecular complexity index is 2880. The number of carbonyl (C=O) groups excluding carboxylic acids is 1. The first-order valence-corrected chi connectivity index (χ1v) is 22.3. The molecular weight excluding hydrogens is 831 g/mol. The van der Waals surface area contributed by atoms with Crippen molar-refractivity contribution >= 4 is 90.4 Å². The molecule has 0 aromatic carbocycles. The average molecular weight is 872 g/mol. The maximum atomic E-state index is 13.3. The van der Waals surface area contributed by atoms with E-state index in [-0.39, 0.29) is 24.0 Å². The molecule has 0 spiro atoms. The number of pyridine rings is 2. The van der Waals surface area contributed by atoms with E-state index in [9.17, 15) is 14.7 Å². The number of methoxy groups -OCH3 is 2. The minimum absolute atomic E-state index is 0.0320. The fourth-order valence-corrected chi connectivity index (χ4v) is 12.0. The molecule has 2 fully saturated rings. The number of anilines is 4. The summed E-state index contributed by atoms with van der Waals surface area (Å²) in [5.74, 6) is 1.71. The molecule has 0 radical (unpaired) electrons. The van der Waals surface area contributed by atoms with Crippen molar-refractivity contribution in [3.63, 3.8) is 0 Å². The molecule has 62 heavy (non-hydrogen) atoms. The Morgan fingerprint density at radius 2 is 1.34 bits per heavy atom. The number of carboxylic acids is 1. The number of rotatable bonds is 8. The number of aliphatic imine (C=N–C) groups is 2. The fraction of sp³-hybridized carbons (Fsp3) is 0.395. The predicted octanol–water partition coefficient (Wildman–Crippen LogP) is 5.84. The van der Waals surface area contributed by atoms with Gasteiger partial charge < -0.3 is 34.9 Å². The summed E-state index contributed by atoms with van der Waals surface area (Å²) >= 11 is 3.23. The Kier molecular flexibility index (Phi) is 9.76. The molecule has 17 nitrogen and oxygen atoms in total. The van der Waals surface area contributed by atoms with E-state index >= 15 is 0 Å². The lowest BCUT2D eigenvalue weighted by molar-refractivity contribution is -0.142. The van der Waals surface area contributed by atoms with E-state index in [1.165, 1.54) is 16.8 Å². The van der Waals surface area contributed by atoms with Gasteiger partial charge in [-0.1, -0.05) is 0 Å². The van der Waals surface area contributed by atoms with Gasteiger partial charge in [0.15, 0.2) is 0 Å². The number of amides is 1. The van der Waals surface area contributed by atoms with Crippen LogP contribution >= 0.6 is 22.7 Å². The highest BCUT2D eigenvalue weighted by atomic mass is 32.1. The number of morpholine rings is 1. The molecule has 4 atom stereocenters. The quantitative estimate of drug-likeness (QED) is 0.164. The number of aryl methyl sites for hydroxylation is 2. The van der Waals surface area contributed by atoms with Gasteiger partial charge in [0.1, 0.15) is 45.3 Å². The van der Waals surface area contributed by atoms with Crippen molar-refractivity contribution in [2.75, 3.05) is 38.0 Å². The number of aliphatic carboxylic acids is 1. The molecule has 10 heterocycles. The van der Waals surface area contributed by atoms with E-state index in [1.54, 1.807) is 49.4 Å². The molecule has 6 aromatic heterocycles. The van der Waals surface area contributed by atoms with Gasteiger partial charge in [0, 0.05) is 45.8 Å². The lowest BCUT2D eigenvalue weighted by Gasteiger charge is -2.32. The maximum Gasteiger partial charge on any atom is 0.306 e. The largest absolute Gasteiger partial charge is 0.481 e. The monoisotopic (exact) mass is 871 g/mol. The van der Waals surface area contributed by atoms with Crippen LogP contribution in [0.5, 0.6) is 11.8 Å². The van der Waals surface area contributed by atoms with Gasteiger partial charge in [-0.05, 0) is 68.2 Å². The molecule has 6 aliphatic rings. The summed E-state index contributed by atoms with van der Waals surface area (Å²) in [6.07, 6.45) is 12.3. The second-order valence-electron chi connectivity index (χ2n) is 16.2. The standard InChI is InChI=1S/C24H24N6O3S.C19H17N5O3S/c1-32-22-17(4-13-7-25-8-18(13)29-22)28-21-20-16-3-2-12(5-19(16)34-23(20)27-11-26-21)24(31)30-9-15-6-14(30)10-33-15;1-27-17-12(4-10-6-20-7-13(10)24-17)23-16-15-11-3-2-9(19(25)26)5-14(11)28-18(15)22-8-21-16/h4,7,11-12,14-15H,2-3,5-6,8-10H2,1H3,(H,26,27,28);4,6,8-9H,2-3,5,7H2,1H3,(H,25,26)(H,21,22,23)/t12-,14+,15+;9-/m00/s1. The third kappa shape index (κ3) is 6.78. The molecule has 2 bridgehead atoms. The Balaban J connectivity index is 0.000000142. The number of nitrogens with zero attached hydrogens (tertiary/aromatic N) is 9. The number of thiophene rings is 2. The number of hydrogen-bond acceptors (Lipinski definition) is 17. The van der Waals surface area contributed by atoms with Crippen LogP contribution in [0.4, 0.5) is 23.0 Å². The van der Waals surface area contributed by atoms with Gasteiger partial charge in [0.25, 0.3) is 0 Å². The molecule has 0 saturated carbocycles. The van der Waals surface area contributed by atoms with Gasteiger partial charge in [-0.2, -0.15) is 0 Å². The summed E-state index contributed by atoms with van der Waals surface area (Å²) in [4.78, 5) is 66.6. The zero-order chi connectivity index (χ0) is 42.1. The molecule has 2 aliphatic carbocycles.